The fourth-order valence-corrected chi connectivity index (χ4v) is 6.65. The van der Waals surface area contributed by atoms with E-state index < -0.39 is 65.3 Å². The third-order valence-electron chi connectivity index (χ3n) is 9.04. The number of methoxy groups -OCH3 is 1. The van der Waals surface area contributed by atoms with Gasteiger partial charge in [0.1, 0.15) is 35.0 Å². The summed E-state index contributed by atoms with van der Waals surface area (Å²) in [5.41, 5.74) is -1.42. The minimum atomic E-state index is -1.34. The zero-order chi connectivity index (χ0) is 50.6. The van der Waals surface area contributed by atoms with Gasteiger partial charge in [-0.1, -0.05) is 11.6 Å². The van der Waals surface area contributed by atoms with E-state index in [0.29, 0.717) is 23.7 Å². The SMILES string of the molecule is CCNc1nc(Nc2cc(C#N)cc(N3CC[C@@H](NC(=O)OC)[C@H](OC(=O)[C@H](CCCN=C(NC(=O)OC(C)(C)C)NC(=O)OC(C)(C)C)NC(=O)OC(C)(C)C)C3)c2Cl)nn2c(C#N)cnc12. The molecule has 0 spiro atoms. The van der Waals surface area contributed by atoms with Crippen LogP contribution in [0.1, 0.15) is 99.8 Å². The van der Waals surface area contributed by atoms with E-state index in [1.54, 1.807) is 73.3 Å². The number of imidazole rings is 1. The molecule has 3 heterocycles. The number of guanidine groups is 1. The van der Waals surface area contributed by atoms with Crippen molar-refractivity contribution in [2.24, 2.45) is 4.99 Å². The van der Waals surface area contributed by atoms with E-state index >= 15 is 0 Å². The van der Waals surface area contributed by atoms with Crippen molar-refractivity contribution >= 4 is 76.7 Å². The fourth-order valence-electron chi connectivity index (χ4n) is 6.37. The topological polar surface area (TPSA) is 310 Å². The third-order valence-corrected chi connectivity index (χ3v) is 9.44. The zero-order valence-electron chi connectivity index (χ0n) is 40.0. The molecule has 3 atom stereocenters. The third kappa shape index (κ3) is 16.2. The van der Waals surface area contributed by atoms with Gasteiger partial charge in [-0.15, -0.1) is 5.10 Å². The molecule has 0 radical (unpaired) electrons. The van der Waals surface area contributed by atoms with Gasteiger partial charge in [-0.2, -0.15) is 20.0 Å². The maximum absolute atomic E-state index is 14.2. The summed E-state index contributed by atoms with van der Waals surface area (Å²) < 4.78 is 28.3. The molecule has 24 nitrogen and oxygen atoms in total. The van der Waals surface area contributed by atoms with Crippen molar-refractivity contribution < 1.29 is 47.7 Å². The summed E-state index contributed by atoms with van der Waals surface area (Å²) in [4.78, 5) is 79.9. The maximum Gasteiger partial charge on any atom is 0.414 e. The van der Waals surface area contributed by atoms with Crippen molar-refractivity contribution in [2.75, 3.05) is 48.8 Å². The number of alkyl carbamates (subject to hydrolysis) is 4. The molecule has 0 saturated carbocycles. The highest BCUT2D eigenvalue weighted by Crippen LogP contribution is 2.37. The van der Waals surface area contributed by atoms with Crippen LogP contribution < -0.4 is 36.8 Å². The average Bonchev–Trinajstić information content (AvgIpc) is 3.64. The number of nitriles is 2. The van der Waals surface area contributed by atoms with E-state index in [-0.39, 0.29) is 72.8 Å². The van der Waals surface area contributed by atoms with Crippen LogP contribution in [0, 0.1) is 22.7 Å². The van der Waals surface area contributed by atoms with Gasteiger partial charge in [0.2, 0.25) is 11.9 Å². The number of carbonyl (C=O) groups is 5. The van der Waals surface area contributed by atoms with Crippen molar-refractivity contribution in [2.45, 2.75) is 123 Å². The van der Waals surface area contributed by atoms with Gasteiger partial charge in [0, 0.05) is 19.6 Å². The van der Waals surface area contributed by atoms with Crippen molar-refractivity contribution in [3.63, 3.8) is 0 Å². The number of ether oxygens (including phenoxy) is 5. The highest BCUT2D eigenvalue weighted by Gasteiger charge is 2.37. The number of nitrogens with one attached hydrogen (secondary N) is 6. The molecule has 6 N–H and O–H groups in total. The number of hydrogen-bond donors (Lipinski definition) is 6. The summed E-state index contributed by atoms with van der Waals surface area (Å²) >= 11 is 7.05. The summed E-state index contributed by atoms with van der Waals surface area (Å²) in [6.07, 6.45) is -3.04. The number of amides is 4. The minimum absolute atomic E-state index is 0.0303. The monoisotopic (exact) mass is 966 g/mol. The number of nitrogens with zero attached hydrogens (tertiary/aromatic N) is 8. The standard InChI is InChI=1S/C43H59ClN14O10/c1-12-47-32-33-49-22-25(21-46)58(33)56-36(53-32)50-28-18-24(20-45)19-29(31(28)44)57-17-15-26(51-37(60)64-11)30(23-57)65-34(59)27(52-38(61)66-41(2,3)4)14-13-16-48-35(54-39(62)67-42(5,6)7)55-40(63)68-43(8,9)10/h18-19,22,26-27,30H,12-17,23H2,1-11H3,(H,51,60)(H,52,61)(H2,47,50,53,56)(H2,48,54,55,62,63)/t26-,27+,30-/m1/s1. The van der Waals surface area contributed by atoms with Crippen LogP contribution in [0.5, 0.6) is 0 Å². The number of fused-ring (bicyclic) bond motifs is 1. The Balaban J connectivity index is 1.63. The van der Waals surface area contributed by atoms with Gasteiger partial charge in [-0.25, -0.2) is 29.0 Å². The molecular weight excluding hydrogens is 908 g/mol. The van der Waals surface area contributed by atoms with Crippen LogP contribution >= 0.6 is 11.6 Å². The van der Waals surface area contributed by atoms with E-state index in [9.17, 15) is 34.5 Å². The first-order valence-corrected chi connectivity index (χ1v) is 21.9. The summed E-state index contributed by atoms with van der Waals surface area (Å²) in [6.45, 7) is 17.3. The molecule has 0 unspecified atom stereocenters. The van der Waals surface area contributed by atoms with Gasteiger partial charge in [-0.05, 0) is 101 Å². The Morgan fingerprint density at radius 3 is 2.13 bits per heavy atom. The molecule has 3 aromatic rings. The first kappa shape index (κ1) is 53.3. The van der Waals surface area contributed by atoms with Crippen LogP contribution in [-0.4, -0.2) is 124 Å². The van der Waals surface area contributed by atoms with E-state index in [2.05, 4.69) is 58.0 Å². The largest absolute Gasteiger partial charge is 0.457 e. The predicted molar refractivity (Wildman–Crippen MR) is 249 cm³/mol. The number of rotatable bonds is 13. The van der Waals surface area contributed by atoms with Gasteiger partial charge < -0.3 is 49.9 Å². The number of aliphatic imine (C=N–C) groups is 1. The summed E-state index contributed by atoms with van der Waals surface area (Å²) in [5, 5.41) is 40.5. The summed E-state index contributed by atoms with van der Waals surface area (Å²) in [7, 11) is 1.19. The second-order valence-corrected chi connectivity index (χ2v) is 18.6. The lowest BCUT2D eigenvalue weighted by Crippen LogP contribution is -2.57. The zero-order valence-corrected chi connectivity index (χ0v) is 40.7. The second kappa shape index (κ2) is 22.9. The lowest BCUT2D eigenvalue weighted by Gasteiger charge is -2.40. The normalized spacial score (nSPS) is 15.3. The van der Waals surface area contributed by atoms with Gasteiger partial charge in [0.15, 0.2) is 17.2 Å². The molecule has 1 aliphatic rings. The van der Waals surface area contributed by atoms with Crippen LogP contribution in [0.2, 0.25) is 5.02 Å². The highest BCUT2D eigenvalue weighted by atomic mass is 35.5. The Bertz CT molecular complexity index is 2410. The number of halogens is 1. The molecule has 4 rings (SSSR count). The number of hydrogen-bond acceptors (Lipinski definition) is 19. The number of anilines is 4. The molecule has 0 bridgehead atoms. The molecule has 4 amide bonds. The maximum atomic E-state index is 14.2. The lowest BCUT2D eigenvalue weighted by atomic mass is 10.00. The number of piperidine rings is 1. The molecule has 1 aromatic carbocycles. The summed E-state index contributed by atoms with van der Waals surface area (Å²) in [5.74, 6) is -0.821. The van der Waals surface area contributed by atoms with Gasteiger partial charge in [0.25, 0.3) is 0 Å². The first-order chi connectivity index (χ1) is 31.8. The van der Waals surface area contributed by atoms with Crippen molar-refractivity contribution in [3.05, 3.63) is 34.6 Å². The smallest absolute Gasteiger partial charge is 0.414 e. The van der Waals surface area contributed by atoms with Crippen molar-refractivity contribution in [1.29, 1.82) is 10.5 Å². The quantitative estimate of drug-likeness (QED) is 0.0398. The molecule has 2 aromatic heterocycles. The molecule has 1 saturated heterocycles. The molecular formula is C43H59ClN14O10. The van der Waals surface area contributed by atoms with Crippen LogP contribution in [0.4, 0.5) is 42.3 Å². The van der Waals surface area contributed by atoms with Crippen LogP contribution in [0.25, 0.3) is 5.65 Å². The predicted octanol–water partition coefficient (Wildman–Crippen LogP) is 5.62. The molecule has 0 aliphatic carbocycles. The Hall–Kier alpha value is -7.34. The number of aromatic nitrogens is 4. The molecule has 68 heavy (non-hydrogen) atoms. The molecule has 1 fully saturated rings. The molecule has 25 heteroatoms. The van der Waals surface area contributed by atoms with E-state index in [0.717, 1.165) is 0 Å². The summed E-state index contributed by atoms with van der Waals surface area (Å²) in [6, 6.07) is 5.08. The Kier molecular flexibility index (Phi) is 17.9. The van der Waals surface area contributed by atoms with Crippen molar-refractivity contribution in [1.82, 2.24) is 40.8 Å². The van der Waals surface area contributed by atoms with Gasteiger partial charge in [-0.3, -0.25) is 15.6 Å². The van der Waals surface area contributed by atoms with E-state index in [1.165, 1.54) is 23.9 Å². The fraction of sp³-hybridized carbons (Fsp3) is 0.558. The average molecular weight is 967 g/mol. The Morgan fingerprint density at radius 1 is 0.926 bits per heavy atom. The second-order valence-electron chi connectivity index (χ2n) is 18.2. The van der Waals surface area contributed by atoms with Gasteiger partial charge >= 0.3 is 30.3 Å². The highest BCUT2D eigenvalue weighted by molar-refractivity contribution is 6.36. The lowest BCUT2D eigenvalue weighted by molar-refractivity contribution is -0.153. The Labute approximate surface area is 398 Å². The van der Waals surface area contributed by atoms with Gasteiger partial charge in [0.05, 0.1) is 53.9 Å². The first-order valence-electron chi connectivity index (χ1n) is 21.6. The number of esters is 1. The van der Waals surface area contributed by atoms with Crippen LogP contribution in [0.15, 0.2) is 23.3 Å². The van der Waals surface area contributed by atoms with E-state index in [1.807, 2.05) is 13.0 Å². The van der Waals surface area contributed by atoms with E-state index in [4.69, 9.17) is 35.3 Å². The van der Waals surface area contributed by atoms with Crippen molar-refractivity contribution in [3.8, 4) is 12.1 Å². The molecule has 368 valence electrons. The number of carbonyl (C=O) groups excluding carboxylic acids is 5. The van der Waals surface area contributed by atoms with Crippen LogP contribution in [-0.2, 0) is 28.5 Å². The Morgan fingerprint density at radius 2 is 1.56 bits per heavy atom. The van der Waals surface area contributed by atoms with Crippen LogP contribution in [0.3, 0.4) is 0 Å². The number of benzene rings is 1. The minimum Gasteiger partial charge on any atom is -0.457 e. The molecule has 1 aliphatic heterocycles.